The normalized spacial score (nSPS) is 26.6. The minimum absolute atomic E-state index is 0. The molecule has 2 saturated heterocycles. The molecule has 338 valence electrons. The fourth-order valence-electron chi connectivity index (χ4n) is 6.31. The first kappa shape index (κ1) is 52.7. The molecule has 0 saturated carbocycles. The molecule has 2 aliphatic rings. The molecular weight excluding hydrogens is 864 g/mol. The maximum absolute atomic E-state index is 13.1. The van der Waals surface area contributed by atoms with Crippen LogP contribution in [0.1, 0.15) is 52.6 Å². The van der Waals surface area contributed by atoms with E-state index in [2.05, 4.69) is 15.6 Å². The number of carbonyl (C=O) groups is 5. The Morgan fingerprint density at radius 3 is 2.42 bits per heavy atom. The van der Waals surface area contributed by atoms with Gasteiger partial charge in [-0.2, -0.15) is 4.98 Å². The predicted molar refractivity (Wildman–Crippen MR) is 198 cm³/mol. The van der Waals surface area contributed by atoms with Crippen LogP contribution in [0, 0.1) is 5.92 Å². The van der Waals surface area contributed by atoms with Crippen LogP contribution in [0.15, 0.2) is 41.3 Å². The third-order valence-electron chi connectivity index (χ3n) is 9.56. The standard InChI is InChI=1S/C35H48N5O20P.Na/c36-25-6-9-40(34(53)39-25)32-29(49)28(48)24(58-32)17-57-61(54,55)60-35(33(51)52)13-22(44)21(30(59-35)27(47)23(45)16-42)12-20(43)14-38-26(46)7-11-56-10-1-8-37-31(50)19-4-2-18(15-41)3-5-19;/h2-6,9,15,21-24,27-30,32,42,44-45,47-49H,1,7-8,10-14,16-17H2,(H,37,50)(H,38,46)(H,51,52)(H,54,55)(H2,36,39,53);/q;+1/p-1/t21?,22?,23-,24-,27-,28+,29?,30?,32-,35?;/m1./s1. The molecule has 25 nitrogen and oxygen atoms in total. The maximum Gasteiger partial charge on any atom is 1.00 e. The van der Waals surface area contributed by atoms with Crippen molar-refractivity contribution in [2.75, 3.05) is 45.3 Å². The monoisotopic (exact) mass is 911 g/mol. The Hall–Kier alpha value is -3.60. The Morgan fingerprint density at radius 2 is 1.79 bits per heavy atom. The van der Waals surface area contributed by atoms with Gasteiger partial charge < -0.3 is 76.0 Å². The molecule has 4 rings (SSSR count). The van der Waals surface area contributed by atoms with Gasteiger partial charge in [0.2, 0.25) is 11.7 Å². The summed E-state index contributed by atoms with van der Waals surface area (Å²) in [4.78, 5) is 86.9. The number of aromatic nitrogens is 2. The van der Waals surface area contributed by atoms with Crippen molar-refractivity contribution in [3.05, 3.63) is 58.1 Å². The van der Waals surface area contributed by atoms with Gasteiger partial charge in [0.05, 0.1) is 38.6 Å². The second-order valence-electron chi connectivity index (χ2n) is 14.0. The molecule has 2 amide bonds. The van der Waals surface area contributed by atoms with Gasteiger partial charge in [-0.25, -0.2) is 13.9 Å². The molecule has 3 heterocycles. The smallest absolute Gasteiger partial charge is 0.544 e. The number of ketones is 1. The second-order valence-corrected chi connectivity index (χ2v) is 15.4. The quantitative estimate of drug-likeness (QED) is 0.0214. The zero-order valence-corrected chi connectivity index (χ0v) is 36.1. The number of aliphatic carboxylic acids is 1. The Balaban J connectivity index is 0.0000102. The van der Waals surface area contributed by atoms with Crippen molar-refractivity contribution in [3.8, 4) is 0 Å². The SMILES string of the molecule is Nc1ccn([C@@H]2O[C@H](COP(=O)(O)OC3(C(=O)[O-])CC(O)C(CC(=O)CNC(=O)CCOCCCNC(=O)c4ccc(C=O)cc4)C([C@H](O)[C@H](O)CO)O3)[C@H](O)C2O)c(=O)n1.[Na+]. The van der Waals surface area contributed by atoms with Crippen LogP contribution in [-0.2, 0) is 42.2 Å². The number of phosphoric acid groups is 1. The van der Waals surface area contributed by atoms with Gasteiger partial charge in [0, 0.05) is 55.7 Å². The fraction of sp³-hybridized carbons (Fsp3) is 0.571. The van der Waals surface area contributed by atoms with Crippen molar-refractivity contribution in [3.63, 3.8) is 0 Å². The third kappa shape index (κ3) is 14.2. The maximum atomic E-state index is 13.1. The van der Waals surface area contributed by atoms with E-state index in [9.17, 15) is 74.0 Å². The number of amides is 2. The van der Waals surface area contributed by atoms with Crippen LogP contribution in [-0.4, -0.2) is 163 Å². The zero-order chi connectivity index (χ0) is 45.1. The van der Waals surface area contributed by atoms with Crippen LogP contribution < -0.4 is 56.7 Å². The van der Waals surface area contributed by atoms with Crippen LogP contribution in [0.5, 0.6) is 0 Å². The number of carbonyl (C=O) groups excluding carboxylic acids is 5. The number of hydrogen-bond acceptors (Lipinski definition) is 21. The van der Waals surface area contributed by atoms with Crippen molar-refractivity contribution in [2.24, 2.45) is 5.92 Å². The molecule has 62 heavy (non-hydrogen) atoms. The topological polar surface area (TPSA) is 398 Å². The number of carboxylic acid groups (broad SMARTS) is 1. The number of nitrogens with zero attached hydrogens (tertiary/aromatic N) is 2. The zero-order valence-electron chi connectivity index (χ0n) is 33.2. The number of anilines is 1. The van der Waals surface area contributed by atoms with E-state index < -0.39 is 124 Å². The van der Waals surface area contributed by atoms with Crippen molar-refractivity contribution in [1.82, 2.24) is 20.2 Å². The van der Waals surface area contributed by atoms with Crippen LogP contribution in [0.3, 0.4) is 0 Å². The Labute approximate surface area is 374 Å². The van der Waals surface area contributed by atoms with Gasteiger partial charge >= 0.3 is 43.1 Å². The fourth-order valence-corrected chi connectivity index (χ4v) is 7.26. The number of rotatable bonds is 23. The van der Waals surface area contributed by atoms with Gasteiger partial charge in [-0.1, -0.05) is 12.1 Å². The average Bonchev–Trinajstić information content (AvgIpc) is 3.50. The number of phosphoric ester groups is 1. The Morgan fingerprint density at radius 1 is 1.10 bits per heavy atom. The number of nitrogens with one attached hydrogen (secondary N) is 2. The number of carboxylic acids is 1. The largest absolute Gasteiger partial charge is 1.00 e. The van der Waals surface area contributed by atoms with Crippen molar-refractivity contribution in [2.45, 2.75) is 80.4 Å². The van der Waals surface area contributed by atoms with Crippen molar-refractivity contribution in [1.29, 1.82) is 0 Å². The first-order valence-electron chi connectivity index (χ1n) is 18.6. The summed E-state index contributed by atoms with van der Waals surface area (Å²) in [7, 11) is -5.68. The Kier molecular flexibility index (Phi) is 20.3. The first-order valence-corrected chi connectivity index (χ1v) is 20.1. The molecule has 6 unspecified atom stereocenters. The molecular formula is C35H47N5NaO20P. The number of Topliss-reactive ketones (excluding diaryl/α,β-unsaturated/α-hetero) is 1. The van der Waals surface area contributed by atoms with Gasteiger partial charge in [0.15, 0.2) is 12.0 Å². The summed E-state index contributed by atoms with van der Waals surface area (Å²) in [5, 5.41) is 79.9. The molecule has 2 fully saturated rings. The molecule has 27 heteroatoms. The summed E-state index contributed by atoms with van der Waals surface area (Å²) in [6.07, 6.45) is -15.4. The van der Waals surface area contributed by atoms with Gasteiger partial charge in [0.1, 0.15) is 48.6 Å². The summed E-state index contributed by atoms with van der Waals surface area (Å²) in [5.41, 5.74) is 5.25. The molecule has 0 radical (unpaired) electrons. The summed E-state index contributed by atoms with van der Waals surface area (Å²) in [5.74, 6) is -9.34. The van der Waals surface area contributed by atoms with E-state index in [-0.39, 0.29) is 67.5 Å². The van der Waals surface area contributed by atoms with Gasteiger partial charge in [-0.3, -0.25) is 28.3 Å². The van der Waals surface area contributed by atoms with Gasteiger partial charge in [-0.15, -0.1) is 0 Å². The minimum atomic E-state index is -5.68. The summed E-state index contributed by atoms with van der Waals surface area (Å²) in [6, 6.07) is 7.19. The predicted octanol–water partition coefficient (Wildman–Crippen LogP) is -8.38. The molecule has 0 aliphatic carbocycles. The molecule has 11 N–H and O–H groups in total. The van der Waals surface area contributed by atoms with E-state index in [4.69, 9.17) is 29.0 Å². The van der Waals surface area contributed by atoms with E-state index in [1.807, 2.05) is 0 Å². The number of ether oxygens (including phenoxy) is 3. The van der Waals surface area contributed by atoms with E-state index in [1.165, 1.54) is 30.3 Å². The number of nitrogens with two attached hydrogens (primary N) is 1. The van der Waals surface area contributed by atoms with Crippen LogP contribution in [0.4, 0.5) is 5.82 Å². The number of hydrogen-bond donors (Lipinski definition) is 10. The molecule has 0 bridgehead atoms. The van der Waals surface area contributed by atoms with Gasteiger partial charge in [-0.05, 0) is 24.6 Å². The summed E-state index contributed by atoms with van der Waals surface area (Å²) in [6.45, 7) is -2.50. The third-order valence-corrected chi connectivity index (χ3v) is 10.6. The minimum Gasteiger partial charge on any atom is -0.544 e. The molecule has 1 aromatic carbocycles. The molecule has 1 aromatic heterocycles. The number of aldehydes is 1. The van der Waals surface area contributed by atoms with E-state index in [1.54, 1.807) is 0 Å². The number of benzene rings is 1. The number of nitrogen functional groups attached to an aromatic ring is 1. The Bertz CT molecular complexity index is 1960. The molecule has 11 atom stereocenters. The number of aliphatic hydroxyl groups is 6. The molecule has 0 spiro atoms. The molecule has 2 aromatic rings. The van der Waals surface area contributed by atoms with Crippen LogP contribution >= 0.6 is 7.82 Å². The number of aliphatic hydroxyl groups excluding tert-OH is 6. The second kappa shape index (κ2) is 23.9. The van der Waals surface area contributed by atoms with Crippen molar-refractivity contribution >= 4 is 43.5 Å². The average molecular weight is 912 g/mol. The summed E-state index contributed by atoms with van der Waals surface area (Å²) < 4.78 is 39.6. The van der Waals surface area contributed by atoms with E-state index >= 15 is 0 Å². The van der Waals surface area contributed by atoms with Crippen LogP contribution in [0.25, 0.3) is 0 Å². The van der Waals surface area contributed by atoms with Crippen molar-refractivity contribution < 1.29 is 122 Å². The first-order chi connectivity index (χ1) is 28.8. The van der Waals surface area contributed by atoms with Gasteiger partial charge in [0.25, 0.3) is 5.91 Å². The summed E-state index contributed by atoms with van der Waals surface area (Å²) >= 11 is 0. The van der Waals surface area contributed by atoms with E-state index in [0.29, 0.717) is 23.8 Å². The van der Waals surface area contributed by atoms with E-state index in [0.717, 1.165) is 10.8 Å². The van der Waals surface area contributed by atoms with Crippen LogP contribution in [0.2, 0.25) is 0 Å². The molecule has 2 aliphatic heterocycles.